The van der Waals surface area contributed by atoms with Gasteiger partial charge in [0, 0.05) is 5.02 Å². The average molecular weight is 492 g/mol. The molecule has 0 aliphatic carbocycles. The van der Waals surface area contributed by atoms with E-state index in [0.29, 0.717) is 15.4 Å². The molecule has 1 fully saturated rings. The van der Waals surface area contributed by atoms with Crippen molar-refractivity contribution in [3.63, 3.8) is 0 Å². The fraction of sp³-hybridized carbons (Fsp3) is 0.0526. The molecular weight excluding hydrogens is 481 g/mol. The number of anilines is 1. The van der Waals surface area contributed by atoms with Crippen molar-refractivity contribution in [1.29, 1.82) is 0 Å². The molecule has 0 unspecified atom stereocenters. The molecule has 1 aliphatic heterocycles. The summed E-state index contributed by atoms with van der Waals surface area (Å²) >= 11 is 18.0. The maximum atomic E-state index is 13.3. The number of aromatic nitrogens is 1. The number of Topliss-reactive ketones (excluding diaryl/α,β-unsaturated/α-hetero) is 1. The number of halogens is 2. The van der Waals surface area contributed by atoms with Crippen molar-refractivity contribution >= 4 is 91.1 Å². The molecule has 2 aromatic carbocycles. The second-order valence-corrected chi connectivity index (χ2v) is 8.68. The number of amides is 2. The number of ketones is 1. The van der Waals surface area contributed by atoms with E-state index in [0.717, 1.165) is 4.70 Å². The maximum Gasteiger partial charge on any atom is 0.302 e. The maximum absolute atomic E-state index is 13.3. The van der Waals surface area contributed by atoms with E-state index in [1.807, 2.05) is 12.1 Å². The molecular formula is C19H11Cl2N5O3S2. The first-order chi connectivity index (χ1) is 14.8. The molecule has 8 nitrogen and oxygen atoms in total. The van der Waals surface area contributed by atoms with Crippen LogP contribution in [-0.2, 0) is 14.4 Å². The highest BCUT2D eigenvalue weighted by Crippen LogP contribution is 2.36. The van der Waals surface area contributed by atoms with Crippen LogP contribution in [0.3, 0.4) is 0 Å². The lowest BCUT2D eigenvalue weighted by molar-refractivity contribution is -0.139. The third kappa shape index (κ3) is 3.90. The van der Waals surface area contributed by atoms with Crippen molar-refractivity contribution in [3.05, 3.63) is 57.5 Å². The summed E-state index contributed by atoms with van der Waals surface area (Å²) in [4.78, 5) is 44.5. The minimum absolute atomic E-state index is 0.000177. The molecule has 2 amide bonds. The number of thiazole rings is 1. The van der Waals surface area contributed by atoms with Gasteiger partial charge in [-0.3, -0.25) is 19.8 Å². The summed E-state index contributed by atoms with van der Waals surface area (Å²) in [7, 11) is 0. The zero-order valence-corrected chi connectivity index (χ0v) is 18.5. The highest BCUT2D eigenvalue weighted by Gasteiger charge is 2.49. The third-order valence-electron chi connectivity index (χ3n) is 4.37. The molecule has 2 heterocycles. The van der Waals surface area contributed by atoms with Crippen molar-refractivity contribution in [2.75, 3.05) is 4.90 Å². The standard InChI is InChI=1S/C19H11Cl2N5O3S2/c20-8-5-6-11(9(21)7-8)26-17(28)14(24-25-19(22)30)13(15(27)18(26)29)16-23-10-3-1-2-4-12(10)31-16/h1-7,13H,(H3,22,25,30)/b24-14+/t13-/m1/s1. The molecule has 0 saturated carbocycles. The summed E-state index contributed by atoms with van der Waals surface area (Å²) in [5.41, 5.74) is 8.09. The van der Waals surface area contributed by atoms with Gasteiger partial charge in [0.25, 0.3) is 5.91 Å². The van der Waals surface area contributed by atoms with E-state index in [-0.39, 0.29) is 26.5 Å². The van der Waals surface area contributed by atoms with E-state index >= 15 is 0 Å². The highest BCUT2D eigenvalue weighted by atomic mass is 35.5. The Morgan fingerprint density at radius 3 is 2.58 bits per heavy atom. The van der Waals surface area contributed by atoms with Gasteiger partial charge in [0.1, 0.15) is 16.6 Å². The average Bonchev–Trinajstić information content (AvgIpc) is 3.14. The van der Waals surface area contributed by atoms with Gasteiger partial charge in [0.05, 0.1) is 20.9 Å². The Morgan fingerprint density at radius 2 is 1.90 bits per heavy atom. The Morgan fingerprint density at radius 1 is 1.16 bits per heavy atom. The zero-order chi connectivity index (χ0) is 22.3. The predicted octanol–water partition coefficient (Wildman–Crippen LogP) is 3.02. The van der Waals surface area contributed by atoms with Gasteiger partial charge in [0.15, 0.2) is 5.11 Å². The molecule has 1 saturated heterocycles. The summed E-state index contributed by atoms with van der Waals surface area (Å²) in [5, 5.41) is 4.28. The van der Waals surface area contributed by atoms with Crippen LogP contribution in [0, 0.1) is 0 Å². The van der Waals surface area contributed by atoms with Gasteiger partial charge in [-0.25, -0.2) is 9.88 Å². The number of hydrogen-bond donors (Lipinski definition) is 2. The molecule has 1 atom stereocenters. The van der Waals surface area contributed by atoms with E-state index in [4.69, 9.17) is 41.2 Å². The lowest BCUT2D eigenvalue weighted by Crippen LogP contribution is -2.55. The number of hydrogen-bond acceptors (Lipinski definition) is 7. The molecule has 1 aromatic heterocycles. The van der Waals surface area contributed by atoms with Crippen LogP contribution >= 0.6 is 46.8 Å². The lowest BCUT2D eigenvalue weighted by Gasteiger charge is -2.29. The van der Waals surface area contributed by atoms with Crippen LogP contribution in [-0.4, -0.2) is 33.4 Å². The second-order valence-electron chi connectivity index (χ2n) is 6.33. The highest BCUT2D eigenvalue weighted by molar-refractivity contribution is 7.80. The third-order valence-corrected chi connectivity index (χ3v) is 6.10. The Labute approximate surface area is 194 Å². The molecule has 31 heavy (non-hydrogen) atoms. The monoisotopic (exact) mass is 491 g/mol. The second kappa shape index (κ2) is 8.31. The number of nitrogens with one attached hydrogen (secondary N) is 1. The number of fused-ring (bicyclic) bond motifs is 1. The first kappa shape index (κ1) is 21.3. The Bertz CT molecular complexity index is 1270. The number of imide groups is 1. The first-order valence-corrected chi connectivity index (χ1v) is 10.6. The van der Waals surface area contributed by atoms with Crippen molar-refractivity contribution in [1.82, 2.24) is 10.4 Å². The van der Waals surface area contributed by atoms with Gasteiger partial charge in [-0.1, -0.05) is 35.3 Å². The summed E-state index contributed by atoms with van der Waals surface area (Å²) in [6.45, 7) is 0. The van der Waals surface area contributed by atoms with Crippen LogP contribution in [0.15, 0.2) is 47.6 Å². The zero-order valence-electron chi connectivity index (χ0n) is 15.3. The van der Waals surface area contributed by atoms with Crippen molar-refractivity contribution in [2.24, 2.45) is 10.8 Å². The van der Waals surface area contributed by atoms with E-state index in [2.05, 4.69) is 15.5 Å². The lowest BCUT2D eigenvalue weighted by atomic mass is 9.92. The number of thiocarbonyl (C=S) groups is 1. The van der Waals surface area contributed by atoms with Gasteiger partial charge < -0.3 is 5.73 Å². The van der Waals surface area contributed by atoms with Gasteiger partial charge in [-0.2, -0.15) is 5.10 Å². The van der Waals surface area contributed by atoms with Crippen molar-refractivity contribution in [3.8, 4) is 0 Å². The Hall–Kier alpha value is -2.92. The van der Waals surface area contributed by atoms with E-state index < -0.39 is 23.5 Å². The number of carbonyl (C=O) groups is 3. The van der Waals surface area contributed by atoms with Gasteiger partial charge in [0.2, 0.25) is 5.78 Å². The molecule has 3 N–H and O–H groups in total. The fourth-order valence-electron chi connectivity index (χ4n) is 3.04. The minimum atomic E-state index is -1.32. The van der Waals surface area contributed by atoms with Crippen LogP contribution < -0.4 is 16.1 Å². The van der Waals surface area contributed by atoms with Crippen LogP contribution in [0.25, 0.3) is 10.2 Å². The molecule has 3 aromatic rings. The van der Waals surface area contributed by atoms with Crippen LogP contribution in [0.1, 0.15) is 10.9 Å². The predicted molar refractivity (Wildman–Crippen MR) is 124 cm³/mol. The number of rotatable bonds is 3. The summed E-state index contributed by atoms with van der Waals surface area (Å²) in [6.07, 6.45) is 0. The van der Waals surface area contributed by atoms with E-state index in [1.165, 1.54) is 29.5 Å². The number of carbonyl (C=O) groups excluding carboxylic acids is 3. The van der Waals surface area contributed by atoms with E-state index in [9.17, 15) is 14.4 Å². The first-order valence-electron chi connectivity index (χ1n) is 8.64. The van der Waals surface area contributed by atoms with Crippen LogP contribution in [0.4, 0.5) is 5.69 Å². The van der Waals surface area contributed by atoms with Gasteiger partial charge >= 0.3 is 5.91 Å². The number of hydrazone groups is 1. The van der Waals surface area contributed by atoms with E-state index in [1.54, 1.807) is 12.1 Å². The fourth-order valence-corrected chi connectivity index (χ4v) is 4.65. The SMILES string of the molecule is NC(=S)N/N=C1/C(=O)N(c2ccc(Cl)cc2Cl)C(=O)C(=O)[C@@H]1c1nc2ccccc2s1. The normalized spacial score (nSPS) is 18.1. The molecule has 156 valence electrons. The minimum Gasteiger partial charge on any atom is -0.375 e. The number of para-hydroxylation sites is 1. The largest absolute Gasteiger partial charge is 0.375 e. The number of nitrogens with two attached hydrogens (primary N) is 1. The summed E-state index contributed by atoms with van der Waals surface area (Å²) in [5.74, 6) is -4.13. The van der Waals surface area contributed by atoms with Crippen molar-refractivity contribution < 1.29 is 14.4 Å². The smallest absolute Gasteiger partial charge is 0.302 e. The summed E-state index contributed by atoms with van der Waals surface area (Å²) in [6, 6.07) is 11.3. The van der Waals surface area contributed by atoms with Crippen LogP contribution in [0.2, 0.25) is 10.0 Å². The summed E-state index contributed by atoms with van der Waals surface area (Å²) < 4.78 is 0.787. The number of nitrogens with zero attached hydrogens (tertiary/aromatic N) is 3. The Kier molecular flexibility index (Phi) is 5.71. The number of piperidine rings is 1. The molecule has 0 spiro atoms. The molecule has 1 aliphatic rings. The van der Waals surface area contributed by atoms with Gasteiger partial charge in [-0.05, 0) is 42.5 Å². The molecule has 4 rings (SSSR count). The Balaban J connectivity index is 1.86. The van der Waals surface area contributed by atoms with Crippen LogP contribution in [0.5, 0.6) is 0 Å². The number of benzene rings is 2. The quantitative estimate of drug-likeness (QED) is 0.250. The van der Waals surface area contributed by atoms with Gasteiger partial charge in [-0.15, -0.1) is 11.3 Å². The molecule has 0 bridgehead atoms. The molecule has 0 radical (unpaired) electrons. The molecule has 12 heteroatoms. The van der Waals surface area contributed by atoms with Crippen molar-refractivity contribution in [2.45, 2.75) is 5.92 Å². The topological polar surface area (TPSA) is 118 Å².